The second-order valence-corrected chi connectivity index (χ2v) is 8.49. The Bertz CT molecular complexity index is 399. The molecule has 5 heteroatoms. The first-order chi connectivity index (χ1) is 7.58. The molecule has 1 aromatic rings. The fourth-order valence-corrected chi connectivity index (χ4v) is 4.07. The standard InChI is InChI=1S/C12H22N2OS2/c1-11(2,3)9-6-16-10(14-9)7-17(15)8-12(4,5)13/h6H,7-8,13H2,1-5H3. The first kappa shape index (κ1) is 14.8. The molecule has 17 heavy (non-hydrogen) atoms. The Morgan fingerprint density at radius 3 is 2.35 bits per heavy atom. The van der Waals surface area contributed by atoms with Gasteiger partial charge in [-0.3, -0.25) is 4.21 Å². The number of hydrogen-bond acceptors (Lipinski definition) is 4. The van der Waals surface area contributed by atoms with Crippen molar-refractivity contribution in [2.24, 2.45) is 5.73 Å². The number of rotatable bonds is 4. The van der Waals surface area contributed by atoms with Gasteiger partial charge in [0.05, 0.1) is 11.4 Å². The van der Waals surface area contributed by atoms with Crippen LogP contribution in [-0.2, 0) is 22.0 Å². The molecule has 0 saturated heterocycles. The summed E-state index contributed by atoms with van der Waals surface area (Å²) in [7, 11) is -0.931. The molecule has 0 saturated carbocycles. The summed E-state index contributed by atoms with van der Waals surface area (Å²) in [6, 6.07) is 0. The van der Waals surface area contributed by atoms with Crippen molar-refractivity contribution in [2.75, 3.05) is 5.75 Å². The second kappa shape index (κ2) is 5.16. The maximum Gasteiger partial charge on any atom is 0.105 e. The van der Waals surface area contributed by atoms with Crippen LogP contribution < -0.4 is 5.73 Å². The van der Waals surface area contributed by atoms with E-state index >= 15 is 0 Å². The molecule has 1 heterocycles. The van der Waals surface area contributed by atoms with Gasteiger partial charge in [0.15, 0.2) is 0 Å². The van der Waals surface area contributed by atoms with Crippen molar-refractivity contribution >= 4 is 22.1 Å². The lowest BCUT2D eigenvalue weighted by Crippen LogP contribution is -2.38. The van der Waals surface area contributed by atoms with Crippen molar-refractivity contribution in [3.63, 3.8) is 0 Å². The van der Waals surface area contributed by atoms with E-state index in [9.17, 15) is 4.21 Å². The van der Waals surface area contributed by atoms with E-state index in [4.69, 9.17) is 5.73 Å². The molecule has 98 valence electrons. The van der Waals surface area contributed by atoms with E-state index in [0.29, 0.717) is 11.5 Å². The molecule has 2 N–H and O–H groups in total. The second-order valence-electron chi connectivity index (χ2n) is 6.09. The minimum Gasteiger partial charge on any atom is -0.325 e. The number of hydrogen-bond donors (Lipinski definition) is 1. The van der Waals surface area contributed by atoms with Crippen LogP contribution in [0.5, 0.6) is 0 Å². The summed E-state index contributed by atoms with van der Waals surface area (Å²) >= 11 is 1.59. The summed E-state index contributed by atoms with van der Waals surface area (Å²) in [4.78, 5) is 4.54. The van der Waals surface area contributed by atoms with Crippen LogP contribution >= 0.6 is 11.3 Å². The van der Waals surface area contributed by atoms with E-state index in [1.807, 2.05) is 13.8 Å². The SMILES string of the molecule is CC(C)(N)CS(=O)Cc1nc(C(C)(C)C)cs1. The van der Waals surface area contributed by atoms with Gasteiger partial charge in [0.25, 0.3) is 0 Å². The molecule has 1 rings (SSSR count). The van der Waals surface area contributed by atoms with Gasteiger partial charge >= 0.3 is 0 Å². The third-order valence-corrected chi connectivity index (χ3v) is 4.83. The monoisotopic (exact) mass is 274 g/mol. The molecule has 3 nitrogen and oxygen atoms in total. The van der Waals surface area contributed by atoms with Gasteiger partial charge in [-0.05, 0) is 13.8 Å². The van der Waals surface area contributed by atoms with E-state index in [2.05, 4.69) is 31.1 Å². The van der Waals surface area contributed by atoms with Crippen LogP contribution in [-0.4, -0.2) is 20.5 Å². The summed E-state index contributed by atoms with van der Waals surface area (Å²) in [5, 5.41) is 3.00. The van der Waals surface area contributed by atoms with E-state index in [-0.39, 0.29) is 11.0 Å². The van der Waals surface area contributed by atoms with Gasteiger partial charge in [-0.2, -0.15) is 0 Å². The highest BCUT2D eigenvalue weighted by molar-refractivity contribution is 7.84. The van der Waals surface area contributed by atoms with Crippen molar-refractivity contribution < 1.29 is 4.21 Å². The maximum atomic E-state index is 11.9. The molecule has 1 aromatic heterocycles. The molecule has 0 aliphatic heterocycles. The molecule has 1 unspecified atom stereocenters. The van der Waals surface area contributed by atoms with Crippen LogP contribution in [0.15, 0.2) is 5.38 Å². The molecular weight excluding hydrogens is 252 g/mol. The minimum absolute atomic E-state index is 0.0589. The van der Waals surface area contributed by atoms with Gasteiger partial charge in [0.1, 0.15) is 5.01 Å². The van der Waals surface area contributed by atoms with E-state index in [1.54, 1.807) is 11.3 Å². The minimum atomic E-state index is -0.931. The number of aromatic nitrogens is 1. The first-order valence-corrected chi connectivity index (χ1v) is 8.03. The van der Waals surface area contributed by atoms with E-state index < -0.39 is 10.8 Å². The third-order valence-electron chi connectivity index (χ3n) is 2.14. The highest BCUT2D eigenvalue weighted by Gasteiger charge is 2.20. The number of nitrogens with zero attached hydrogens (tertiary/aromatic N) is 1. The summed E-state index contributed by atoms with van der Waals surface area (Å²) in [5.41, 5.74) is 6.60. The quantitative estimate of drug-likeness (QED) is 0.917. The fourth-order valence-electron chi connectivity index (χ4n) is 1.33. The molecule has 1 atom stereocenters. The Morgan fingerprint density at radius 1 is 1.35 bits per heavy atom. The molecule has 0 aromatic carbocycles. The highest BCUT2D eigenvalue weighted by Crippen LogP contribution is 2.24. The van der Waals surface area contributed by atoms with Crippen LogP contribution in [0, 0.1) is 0 Å². The normalized spacial score (nSPS) is 14.9. The Morgan fingerprint density at radius 2 is 1.94 bits per heavy atom. The van der Waals surface area contributed by atoms with Gasteiger partial charge in [-0.1, -0.05) is 20.8 Å². The van der Waals surface area contributed by atoms with E-state index in [0.717, 1.165) is 10.7 Å². The van der Waals surface area contributed by atoms with Crippen LogP contribution in [0.3, 0.4) is 0 Å². The van der Waals surface area contributed by atoms with Gasteiger partial charge in [-0.15, -0.1) is 11.3 Å². The Hall–Kier alpha value is -0.260. The maximum absolute atomic E-state index is 11.9. The van der Waals surface area contributed by atoms with E-state index in [1.165, 1.54) is 0 Å². The van der Waals surface area contributed by atoms with Crippen molar-refractivity contribution in [3.05, 3.63) is 16.1 Å². The van der Waals surface area contributed by atoms with Crippen LogP contribution in [0.25, 0.3) is 0 Å². The summed E-state index contributed by atoms with van der Waals surface area (Å²) in [6.07, 6.45) is 0. The van der Waals surface area contributed by atoms with Crippen molar-refractivity contribution in [3.8, 4) is 0 Å². The Kier molecular flexibility index (Phi) is 4.49. The predicted molar refractivity (Wildman–Crippen MR) is 75.8 cm³/mol. The Labute approximate surface area is 110 Å². The zero-order valence-electron chi connectivity index (χ0n) is 11.2. The Balaban J connectivity index is 2.65. The molecule has 0 amide bonds. The van der Waals surface area contributed by atoms with Gasteiger partial charge < -0.3 is 5.73 Å². The zero-order valence-corrected chi connectivity index (χ0v) is 12.9. The van der Waals surface area contributed by atoms with Gasteiger partial charge in [-0.25, -0.2) is 4.98 Å². The zero-order chi connectivity index (χ0) is 13.3. The van der Waals surface area contributed by atoms with Gasteiger partial charge in [0, 0.05) is 32.9 Å². The lowest BCUT2D eigenvalue weighted by Gasteiger charge is -2.17. The molecule has 0 bridgehead atoms. The van der Waals surface area contributed by atoms with Crippen LogP contribution in [0.4, 0.5) is 0 Å². The van der Waals surface area contributed by atoms with Crippen LogP contribution in [0.2, 0.25) is 0 Å². The third kappa shape index (κ3) is 5.27. The summed E-state index contributed by atoms with van der Waals surface area (Å²) in [5.74, 6) is 1.03. The molecule has 0 radical (unpaired) electrons. The van der Waals surface area contributed by atoms with Crippen LogP contribution in [0.1, 0.15) is 45.3 Å². The topological polar surface area (TPSA) is 56.0 Å². The lowest BCUT2D eigenvalue weighted by atomic mass is 9.93. The average molecular weight is 274 g/mol. The van der Waals surface area contributed by atoms with Crippen molar-refractivity contribution in [1.29, 1.82) is 0 Å². The highest BCUT2D eigenvalue weighted by atomic mass is 32.2. The molecular formula is C12H22N2OS2. The first-order valence-electron chi connectivity index (χ1n) is 5.67. The van der Waals surface area contributed by atoms with Crippen molar-refractivity contribution in [1.82, 2.24) is 4.98 Å². The number of thiazole rings is 1. The molecule has 0 aliphatic rings. The van der Waals surface area contributed by atoms with Crippen molar-refractivity contribution in [2.45, 2.75) is 51.3 Å². The molecule has 0 fully saturated rings. The lowest BCUT2D eigenvalue weighted by molar-refractivity contribution is 0.570. The smallest absolute Gasteiger partial charge is 0.105 e. The summed E-state index contributed by atoms with van der Waals surface area (Å²) < 4.78 is 11.9. The average Bonchev–Trinajstić information content (AvgIpc) is 2.47. The fraction of sp³-hybridized carbons (Fsp3) is 0.750. The summed E-state index contributed by atoms with van der Waals surface area (Å²) in [6.45, 7) is 10.2. The largest absolute Gasteiger partial charge is 0.325 e. The molecule has 0 aliphatic carbocycles. The number of nitrogens with two attached hydrogens (primary N) is 1. The molecule has 0 spiro atoms. The predicted octanol–water partition coefficient (Wildman–Crippen LogP) is 2.43. The van der Waals surface area contributed by atoms with Gasteiger partial charge in [0.2, 0.25) is 0 Å².